The lowest BCUT2D eigenvalue weighted by Gasteiger charge is -2.44. The first-order valence-corrected chi connectivity index (χ1v) is 10.1. The fraction of sp³-hybridized carbons (Fsp3) is 0.571. The van der Waals surface area contributed by atoms with E-state index in [0.717, 1.165) is 25.8 Å². The summed E-state index contributed by atoms with van der Waals surface area (Å²) in [7, 11) is 0. The van der Waals surface area contributed by atoms with Gasteiger partial charge in [-0.3, -0.25) is 14.4 Å². The third-order valence-corrected chi connectivity index (χ3v) is 5.98. The summed E-state index contributed by atoms with van der Waals surface area (Å²) < 4.78 is 10.8. The third-order valence-electron chi connectivity index (χ3n) is 5.98. The summed E-state index contributed by atoms with van der Waals surface area (Å²) >= 11 is 0. The van der Waals surface area contributed by atoms with Crippen LogP contribution in [0.4, 0.5) is 5.69 Å². The number of anilines is 1. The molecule has 150 valence electrons. The van der Waals surface area contributed by atoms with Gasteiger partial charge in [-0.15, -0.1) is 0 Å². The van der Waals surface area contributed by atoms with Crippen LogP contribution in [0, 0.1) is 5.92 Å². The number of para-hydroxylation sites is 2. The number of amides is 2. The van der Waals surface area contributed by atoms with Gasteiger partial charge in [0.05, 0.1) is 12.1 Å². The van der Waals surface area contributed by atoms with Gasteiger partial charge in [-0.2, -0.15) is 0 Å². The number of esters is 1. The Labute approximate surface area is 164 Å². The molecule has 1 aliphatic carbocycles. The normalized spacial score (nSPS) is 26.4. The lowest BCUT2D eigenvalue weighted by molar-refractivity contribution is -0.156. The number of carbonyl (C=O) groups is 3. The van der Waals surface area contributed by atoms with Crippen molar-refractivity contribution in [3.8, 4) is 5.75 Å². The van der Waals surface area contributed by atoms with Crippen molar-refractivity contribution in [3.05, 3.63) is 24.3 Å². The molecule has 0 bridgehead atoms. The Morgan fingerprint density at radius 2 is 1.93 bits per heavy atom. The summed E-state index contributed by atoms with van der Waals surface area (Å²) in [5, 5.41) is 2.72. The molecule has 0 radical (unpaired) electrons. The summed E-state index contributed by atoms with van der Waals surface area (Å²) in [5.74, 6) is -0.0216. The predicted octanol–water partition coefficient (Wildman–Crippen LogP) is 2.50. The monoisotopic (exact) mass is 386 g/mol. The first kappa shape index (κ1) is 18.8. The Kier molecular flexibility index (Phi) is 5.50. The fourth-order valence-electron chi connectivity index (χ4n) is 4.60. The molecular formula is C21H26N2O5. The maximum Gasteiger partial charge on any atom is 0.310 e. The molecule has 7 heteroatoms. The summed E-state index contributed by atoms with van der Waals surface area (Å²) in [5.41, 5.74) is 0.583. The number of rotatable bonds is 4. The fourth-order valence-corrected chi connectivity index (χ4v) is 4.60. The molecule has 1 saturated heterocycles. The number of nitrogens with one attached hydrogen (secondary N) is 1. The van der Waals surface area contributed by atoms with Gasteiger partial charge in [0.15, 0.2) is 12.7 Å². The van der Waals surface area contributed by atoms with Gasteiger partial charge < -0.3 is 19.7 Å². The number of hydrogen-bond acceptors (Lipinski definition) is 5. The maximum absolute atomic E-state index is 12.6. The molecule has 2 fully saturated rings. The lowest BCUT2D eigenvalue weighted by Crippen LogP contribution is -2.51. The van der Waals surface area contributed by atoms with Crippen molar-refractivity contribution in [3.63, 3.8) is 0 Å². The van der Waals surface area contributed by atoms with Crippen molar-refractivity contribution in [1.82, 2.24) is 4.90 Å². The smallest absolute Gasteiger partial charge is 0.310 e. The molecule has 28 heavy (non-hydrogen) atoms. The second-order valence-electron chi connectivity index (χ2n) is 7.80. The van der Waals surface area contributed by atoms with Crippen molar-refractivity contribution in [2.75, 3.05) is 18.5 Å². The number of likely N-dealkylation sites (tertiary alicyclic amines) is 1. The minimum atomic E-state index is -0.949. The largest absolute Gasteiger partial charge is 0.478 e. The zero-order valence-electron chi connectivity index (χ0n) is 15.9. The first-order valence-electron chi connectivity index (χ1n) is 10.1. The number of nitrogens with zero attached hydrogens (tertiary/aromatic N) is 1. The summed E-state index contributed by atoms with van der Waals surface area (Å²) in [4.78, 5) is 38.8. The third kappa shape index (κ3) is 3.98. The number of hydrogen-bond donors (Lipinski definition) is 1. The molecule has 0 aromatic heterocycles. The second-order valence-corrected chi connectivity index (χ2v) is 7.80. The van der Waals surface area contributed by atoms with E-state index in [1.165, 1.54) is 19.3 Å². The van der Waals surface area contributed by atoms with E-state index in [1.54, 1.807) is 24.3 Å². The van der Waals surface area contributed by atoms with Gasteiger partial charge in [0.2, 0.25) is 0 Å². The Balaban J connectivity index is 1.28. The Hall–Kier alpha value is -2.57. The molecule has 0 spiro atoms. The van der Waals surface area contributed by atoms with E-state index in [0.29, 0.717) is 17.4 Å². The highest BCUT2D eigenvalue weighted by atomic mass is 16.5. The number of fused-ring (bicyclic) bond motifs is 2. The molecule has 1 N–H and O–H groups in total. The van der Waals surface area contributed by atoms with Crippen LogP contribution in [0.3, 0.4) is 0 Å². The number of ether oxygens (including phenoxy) is 2. The molecule has 2 heterocycles. The molecule has 1 aromatic carbocycles. The van der Waals surface area contributed by atoms with Crippen LogP contribution >= 0.6 is 0 Å². The van der Waals surface area contributed by atoms with Gasteiger partial charge in [0.1, 0.15) is 5.75 Å². The number of carbonyl (C=O) groups excluding carboxylic acids is 3. The second kappa shape index (κ2) is 8.20. The molecule has 7 nitrogen and oxygen atoms in total. The van der Waals surface area contributed by atoms with E-state index < -0.39 is 12.1 Å². The highest BCUT2D eigenvalue weighted by molar-refractivity contribution is 5.99. The van der Waals surface area contributed by atoms with Crippen LogP contribution in [0.2, 0.25) is 0 Å². The van der Waals surface area contributed by atoms with Gasteiger partial charge in [-0.1, -0.05) is 25.0 Å². The van der Waals surface area contributed by atoms with Crippen molar-refractivity contribution >= 4 is 23.5 Å². The minimum Gasteiger partial charge on any atom is -0.478 e. The predicted molar refractivity (Wildman–Crippen MR) is 102 cm³/mol. The maximum atomic E-state index is 12.6. The van der Waals surface area contributed by atoms with Crippen LogP contribution in [0.25, 0.3) is 0 Å². The first-order chi connectivity index (χ1) is 13.6. The molecule has 3 atom stereocenters. The molecule has 1 saturated carbocycles. The zero-order chi connectivity index (χ0) is 19.5. The van der Waals surface area contributed by atoms with Crippen LogP contribution in [0.15, 0.2) is 24.3 Å². The Morgan fingerprint density at radius 3 is 2.82 bits per heavy atom. The van der Waals surface area contributed by atoms with Gasteiger partial charge in [0.25, 0.3) is 11.8 Å². The van der Waals surface area contributed by atoms with E-state index in [4.69, 9.17) is 9.47 Å². The number of piperidine rings is 1. The van der Waals surface area contributed by atoms with E-state index in [2.05, 4.69) is 5.32 Å². The SMILES string of the molecule is O=C(C[C@@H]1Oc2ccccc2NC1=O)OCC(=O)N1CCC[C@H]2CCCC[C@@H]21. The zero-order valence-corrected chi connectivity index (χ0v) is 15.9. The average molecular weight is 386 g/mol. The van der Waals surface area contributed by atoms with E-state index >= 15 is 0 Å². The number of benzene rings is 1. The van der Waals surface area contributed by atoms with Crippen LogP contribution in [0.5, 0.6) is 5.75 Å². The highest BCUT2D eigenvalue weighted by Crippen LogP contribution is 2.35. The topological polar surface area (TPSA) is 84.9 Å². The lowest BCUT2D eigenvalue weighted by atomic mass is 9.78. The van der Waals surface area contributed by atoms with Crippen LogP contribution < -0.4 is 10.1 Å². The molecule has 2 aliphatic heterocycles. The molecule has 2 amide bonds. The van der Waals surface area contributed by atoms with Crippen LogP contribution in [-0.4, -0.2) is 48.0 Å². The van der Waals surface area contributed by atoms with Gasteiger partial charge in [-0.25, -0.2) is 0 Å². The Morgan fingerprint density at radius 1 is 1.14 bits per heavy atom. The molecule has 4 rings (SSSR count). The van der Waals surface area contributed by atoms with E-state index in [1.807, 2.05) is 4.90 Å². The average Bonchev–Trinajstić information content (AvgIpc) is 2.72. The van der Waals surface area contributed by atoms with Crippen LogP contribution in [-0.2, 0) is 19.1 Å². The van der Waals surface area contributed by atoms with Crippen molar-refractivity contribution in [2.45, 2.75) is 57.1 Å². The Bertz CT molecular complexity index is 763. The van der Waals surface area contributed by atoms with E-state index in [9.17, 15) is 14.4 Å². The summed E-state index contributed by atoms with van der Waals surface area (Å²) in [6.07, 6.45) is 5.64. The molecular weight excluding hydrogens is 360 g/mol. The van der Waals surface area contributed by atoms with Gasteiger partial charge in [0, 0.05) is 12.6 Å². The van der Waals surface area contributed by atoms with Gasteiger partial charge >= 0.3 is 5.97 Å². The molecule has 3 aliphatic rings. The van der Waals surface area contributed by atoms with Gasteiger partial charge in [-0.05, 0) is 43.7 Å². The van der Waals surface area contributed by atoms with Crippen molar-refractivity contribution in [1.29, 1.82) is 0 Å². The highest BCUT2D eigenvalue weighted by Gasteiger charge is 2.36. The van der Waals surface area contributed by atoms with Crippen molar-refractivity contribution < 1.29 is 23.9 Å². The van der Waals surface area contributed by atoms with E-state index in [-0.39, 0.29) is 30.9 Å². The van der Waals surface area contributed by atoms with Crippen molar-refractivity contribution in [2.24, 2.45) is 5.92 Å². The summed E-state index contributed by atoms with van der Waals surface area (Å²) in [6, 6.07) is 7.34. The quantitative estimate of drug-likeness (QED) is 0.804. The molecule has 0 unspecified atom stereocenters. The standard InChI is InChI=1S/C21H26N2O5/c24-19(23-11-5-7-14-6-1-3-9-16(14)23)13-27-20(25)12-18-21(26)22-15-8-2-4-10-17(15)28-18/h2,4,8,10,14,16,18H,1,3,5-7,9,11-13H2,(H,22,26)/t14-,16+,18+/m1/s1. The molecule has 1 aromatic rings. The van der Waals surface area contributed by atoms with Crippen LogP contribution in [0.1, 0.15) is 44.9 Å². The summed E-state index contributed by atoms with van der Waals surface area (Å²) in [6.45, 7) is 0.468. The minimum absolute atomic E-state index is 0.135.